The van der Waals surface area contributed by atoms with Gasteiger partial charge in [-0.25, -0.2) is 0 Å². The molecule has 0 rings (SSSR count). The predicted octanol–water partition coefficient (Wildman–Crippen LogP) is 23.4. The van der Waals surface area contributed by atoms with Crippen LogP contribution in [0, 0.1) is 0 Å². The number of carbonyl (C=O) groups is 3. The quantitative estimate of drug-likeness (QED) is 0.0261. The fourth-order valence-electron chi connectivity index (χ4n) is 9.45. The maximum absolute atomic E-state index is 12.9. The van der Waals surface area contributed by atoms with Gasteiger partial charge in [-0.1, -0.05) is 304 Å². The topological polar surface area (TPSA) is 78.9 Å². The minimum Gasteiger partial charge on any atom is -0.462 e. The summed E-state index contributed by atoms with van der Waals surface area (Å²) < 4.78 is 16.9. The first-order chi connectivity index (χ1) is 39.5. The third-order valence-electron chi connectivity index (χ3n) is 14.5. The minimum absolute atomic E-state index is 0.0953. The van der Waals surface area contributed by atoms with Crippen LogP contribution in [0.15, 0.2) is 109 Å². The molecule has 80 heavy (non-hydrogen) atoms. The van der Waals surface area contributed by atoms with E-state index < -0.39 is 6.10 Å². The van der Waals surface area contributed by atoms with Gasteiger partial charge in [-0.05, 0) is 109 Å². The monoisotopic (exact) mass is 1110 g/mol. The molecule has 0 aliphatic rings. The number of allylic oxidation sites excluding steroid dienone is 18. The lowest BCUT2D eigenvalue weighted by atomic mass is 10.0. The third kappa shape index (κ3) is 64.9. The molecule has 0 aliphatic heterocycles. The molecule has 0 saturated heterocycles. The predicted molar refractivity (Wildman–Crippen MR) is 348 cm³/mol. The van der Waals surface area contributed by atoms with Gasteiger partial charge >= 0.3 is 17.9 Å². The van der Waals surface area contributed by atoms with Gasteiger partial charge in [0, 0.05) is 19.3 Å². The van der Waals surface area contributed by atoms with Crippen molar-refractivity contribution in [3.8, 4) is 0 Å². The summed E-state index contributed by atoms with van der Waals surface area (Å²) in [5, 5.41) is 0. The zero-order valence-electron chi connectivity index (χ0n) is 52.6. The Morgan fingerprint density at radius 2 is 0.487 bits per heavy atom. The fourth-order valence-corrected chi connectivity index (χ4v) is 9.45. The van der Waals surface area contributed by atoms with Gasteiger partial charge in [0.1, 0.15) is 13.2 Å². The molecule has 0 N–H and O–H groups in total. The molecule has 458 valence electrons. The van der Waals surface area contributed by atoms with Crippen molar-refractivity contribution in [2.45, 2.75) is 329 Å². The molecule has 0 radical (unpaired) electrons. The Morgan fingerprint density at radius 1 is 0.263 bits per heavy atom. The number of carbonyl (C=O) groups excluding carboxylic acids is 3. The Balaban J connectivity index is 4.43. The normalized spacial score (nSPS) is 12.8. The van der Waals surface area contributed by atoms with Crippen LogP contribution in [0.5, 0.6) is 0 Å². The molecule has 0 aliphatic carbocycles. The zero-order valence-corrected chi connectivity index (χ0v) is 52.6. The molecule has 0 bridgehead atoms. The fraction of sp³-hybridized carbons (Fsp3) is 0.716. The van der Waals surface area contributed by atoms with E-state index in [4.69, 9.17) is 14.2 Å². The largest absolute Gasteiger partial charge is 0.462 e. The Kier molecular flexibility index (Phi) is 64.3. The Morgan fingerprint density at radius 3 is 0.787 bits per heavy atom. The SMILES string of the molecule is CC/C=C\C/C=C\C/C=C\C/C=C\C/C=C\C/C=C\CCCCC(=O)OC(COC(=O)CCCCCCCCCCCC/C=C\C/C=C\C/C=C\CCCCCCC)COC(=O)CCCCCCCCCCCCCCCCCC. The van der Waals surface area contributed by atoms with Crippen molar-refractivity contribution in [3.63, 3.8) is 0 Å². The first-order valence-corrected chi connectivity index (χ1v) is 33.9. The van der Waals surface area contributed by atoms with Crippen LogP contribution in [0.1, 0.15) is 323 Å². The Hall–Kier alpha value is -3.93. The standard InChI is InChI=1S/C74H126O6/c1-4-7-10-13-16-19-22-25-28-31-33-35-36-37-38-40-41-43-46-49-52-55-58-61-64-67-73(76)79-70-71(69-78-72(75)66-63-60-57-54-51-48-45-30-27-24-21-18-15-12-9-6-3)80-74(77)68-65-62-59-56-53-50-47-44-42-39-34-32-29-26-23-20-17-14-11-8-5-2/h8,11,17,20,22,25-26,29,31,33-34,36-37,39,44,47,53,56,71H,4-7,9-10,12-16,18-19,21,23-24,27-28,30,32,35,38,40-43,45-46,48-52,54-55,57-70H2,1-3H3/b11-8-,20-17-,25-22-,29-26-,33-31-,37-36-,39-34-,47-44-,56-53-. The summed E-state index contributed by atoms with van der Waals surface area (Å²) in [5.74, 6) is -0.931. The number of hydrogen-bond acceptors (Lipinski definition) is 6. The number of hydrogen-bond donors (Lipinski definition) is 0. The van der Waals surface area contributed by atoms with Gasteiger partial charge in [0.25, 0.3) is 0 Å². The van der Waals surface area contributed by atoms with Gasteiger partial charge < -0.3 is 14.2 Å². The number of unbranched alkanes of at least 4 members (excludes halogenated alkanes) is 32. The third-order valence-corrected chi connectivity index (χ3v) is 14.5. The maximum Gasteiger partial charge on any atom is 0.306 e. The van der Waals surface area contributed by atoms with Crippen molar-refractivity contribution in [3.05, 3.63) is 109 Å². The molecule has 0 saturated carbocycles. The highest BCUT2D eigenvalue weighted by molar-refractivity contribution is 5.71. The lowest BCUT2D eigenvalue weighted by Crippen LogP contribution is -2.30. The molecule has 6 nitrogen and oxygen atoms in total. The van der Waals surface area contributed by atoms with Crippen LogP contribution in [0.25, 0.3) is 0 Å². The van der Waals surface area contributed by atoms with Crippen LogP contribution in [-0.2, 0) is 28.6 Å². The average Bonchev–Trinajstić information content (AvgIpc) is 3.46. The van der Waals surface area contributed by atoms with Crippen molar-refractivity contribution in [2.75, 3.05) is 13.2 Å². The zero-order chi connectivity index (χ0) is 57.8. The molecular weight excluding hydrogens is 985 g/mol. The van der Waals surface area contributed by atoms with Gasteiger partial charge in [-0.3, -0.25) is 14.4 Å². The summed E-state index contributed by atoms with van der Waals surface area (Å²) in [6.07, 6.45) is 92.4. The first-order valence-electron chi connectivity index (χ1n) is 33.9. The van der Waals surface area contributed by atoms with Gasteiger partial charge in [0.2, 0.25) is 0 Å². The van der Waals surface area contributed by atoms with E-state index in [1.165, 1.54) is 173 Å². The number of esters is 3. The second-order valence-corrected chi connectivity index (χ2v) is 22.4. The van der Waals surface area contributed by atoms with E-state index >= 15 is 0 Å². The van der Waals surface area contributed by atoms with E-state index in [1.54, 1.807) is 0 Å². The second kappa shape index (κ2) is 67.6. The molecule has 0 amide bonds. The average molecular weight is 1110 g/mol. The highest BCUT2D eigenvalue weighted by Gasteiger charge is 2.19. The van der Waals surface area contributed by atoms with E-state index in [0.717, 1.165) is 103 Å². The van der Waals surface area contributed by atoms with Crippen LogP contribution in [-0.4, -0.2) is 37.2 Å². The van der Waals surface area contributed by atoms with Crippen molar-refractivity contribution in [1.82, 2.24) is 0 Å². The van der Waals surface area contributed by atoms with Crippen LogP contribution < -0.4 is 0 Å². The lowest BCUT2D eigenvalue weighted by molar-refractivity contribution is -0.167. The van der Waals surface area contributed by atoms with Crippen molar-refractivity contribution < 1.29 is 28.6 Å². The Labute approximate surface area is 495 Å². The summed E-state index contributed by atoms with van der Waals surface area (Å²) in [4.78, 5) is 38.4. The van der Waals surface area contributed by atoms with Gasteiger partial charge in [0.05, 0.1) is 0 Å². The van der Waals surface area contributed by atoms with Crippen LogP contribution in [0.4, 0.5) is 0 Å². The molecule has 0 heterocycles. The van der Waals surface area contributed by atoms with E-state index in [2.05, 4.69) is 130 Å². The molecule has 0 spiro atoms. The van der Waals surface area contributed by atoms with Gasteiger partial charge in [-0.15, -0.1) is 0 Å². The van der Waals surface area contributed by atoms with Crippen LogP contribution >= 0.6 is 0 Å². The van der Waals surface area contributed by atoms with E-state index in [9.17, 15) is 14.4 Å². The molecule has 0 aromatic rings. The number of ether oxygens (including phenoxy) is 3. The molecule has 1 atom stereocenters. The summed E-state index contributed by atoms with van der Waals surface area (Å²) in [7, 11) is 0. The van der Waals surface area contributed by atoms with Gasteiger partial charge in [0.15, 0.2) is 6.10 Å². The van der Waals surface area contributed by atoms with Crippen LogP contribution in [0.2, 0.25) is 0 Å². The maximum atomic E-state index is 12.9. The minimum atomic E-state index is -0.805. The molecular formula is C74H126O6. The van der Waals surface area contributed by atoms with Crippen molar-refractivity contribution >= 4 is 17.9 Å². The summed E-state index contributed by atoms with van der Waals surface area (Å²) in [6.45, 7) is 6.51. The van der Waals surface area contributed by atoms with E-state index in [-0.39, 0.29) is 37.5 Å². The van der Waals surface area contributed by atoms with Crippen molar-refractivity contribution in [2.24, 2.45) is 0 Å². The van der Waals surface area contributed by atoms with Crippen LogP contribution in [0.3, 0.4) is 0 Å². The molecule has 6 heteroatoms. The first kappa shape index (κ1) is 76.1. The second-order valence-electron chi connectivity index (χ2n) is 22.4. The summed E-state index contributed by atoms with van der Waals surface area (Å²) in [6, 6.07) is 0. The smallest absolute Gasteiger partial charge is 0.306 e. The summed E-state index contributed by atoms with van der Waals surface area (Å²) >= 11 is 0. The highest BCUT2D eigenvalue weighted by atomic mass is 16.6. The van der Waals surface area contributed by atoms with Crippen molar-refractivity contribution in [1.29, 1.82) is 0 Å². The Bertz CT molecular complexity index is 1610. The van der Waals surface area contributed by atoms with Gasteiger partial charge in [-0.2, -0.15) is 0 Å². The molecule has 1 unspecified atom stereocenters. The number of rotatable bonds is 61. The highest BCUT2D eigenvalue weighted by Crippen LogP contribution is 2.16. The summed E-state index contributed by atoms with van der Waals surface area (Å²) in [5.41, 5.74) is 0. The molecule has 0 aromatic carbocycles. The molecule has 0 fully saturated rings. The van der Waals surface area contributed by atoms with E-state index in [1.807, 2.05) is 0 Å². The van der Waals surface area contributed by atoms with E-state index in [0.29, 0.717) is 19.3 Å². The molecule has 0 aromatic heterocycles. The lowest BCUT2D eigenvalue weighted by Gasteiger charge is -2.18.